The van der Waals surface area contributed by atoms with Crippen LogP contribution in [0.15, 0.2) is 29.3 Å². The standard InChI is InChI=1S/C21H36N4O3/c1-5-7-13-27-15-16-28-14-12-23-21(22-6-2)24-17-18-8-10-19(11-9-18)20(26)25(3)4/h8-11H,5-7,12-17H2,1-4H3,(H2,22,23,24). The topological polar surface area (TPSA) is 75.2 Å². The molecule has 1 aromatic rings. The summed E-state index contributed by atoms with van der Waals surface area (Å²) in [4.78, 5) is 18.1. The van der Waals surface area contributed by atoms with E-state index < -0.39 is 0 Å². The van der Waals surface area contributed by atoms with Crippen molar-refractivity contribution in [3.05, 3.63) is 35.4 Å². The normalized spacial score (nSPS) is 11.4. The number of amides is 1. The maximum atomic E-state index is 11.9. The maximum absolute atomic E-state index is 11.9. The van der Waals surface area contributed by atoms with Crippen LogP contribution < -0.4 is 10.6 Å². The minimum atomic E-state index is 0.000759. The molecule has 0 fully saturated rings. The van der Waals surface area contributed by atoms with Crippen molar-refractivity contribution in [3.8, 4) is 0 Å². The number of rotatable bonds is 13. The predicted molar refractivity (Wildman–Crippen MR) is 114 cm³/mol. The molecule has 0 aromatic heterocycles. The summed E-state index contributed by atoms with van der Waals surface area (Å²) in [5, 5.41) is 6.48. The van der Waals surface area contributed by atoms with Crippen LogP contribution in [0.5, 0.6) is 0 Å². The van der Waals surface area contributed by atoms with Crippen molar-refractivity contribution in [1.82, 2.24) is 15.5 Å². The minimum Gasteiger partial charge on any atom is -0.379 e. The van der Waals surface area contributed by atoms with Gasteiger partial charge in [-0.1, -0.05) is 25.5 Å². The lowest BCUT2D eigenvalue weighted by Gasteiger charge is -2.12. The van der Waals surface area contributed by atoms with Crippen molar-refractivity contribution in [2.45, 2.75) is 33.2 Å². The van der Waals surface area contributed by atoms with Gasteiger partial charge < -0.3 is 25.0 Å². The smallest absolute Gasteiger partial charge is 0.253 e. The molecule has 28 heavy (non-hydrogen) atoms. The molecular weight excluding hydrogens is 356 g/mol. The first-order chi connectivity index (χ1) is 13.6. The van der Waals surface area contributed by atoms with Crippen LogP contribution in [0.1, 0.15) is 42.6 Å². The summed E-state index contributed by atoms with van der Waals surface area (Å²) in [5.74, 6) is 0.750. The highest BCUT2D eigenvalue weighted by molar-refractivity contribution is 5.93. The third kappa shape index (κ3) is 10.3. The van der Waals surface area contributed by atoms with Gasteiger partial charge >= 0.3 is 0 Å². The van der Waals surface area contributed by atoms with Gasteiger partial charge in [0.1, 0.15) is 0 Å². The van der Waals surface area contributed by atoms with E-state index in [2.05, 4.69) is 22.5 Å². The van der Waals surface area contributed by atoms with E-state index in [0.29, 0.717) is 38.5 Å². The molecule has 0 unspecified atom stereocenters. The van der Waals surface area contributed by atoms with Crippen LogP contribution >= 0.6 is 0 Å². The Hall–Kier alpha value is -2.12. The van der Waals surface area contributed by atoms with Gasteiger partial charge in [-0.15, -0.1) is 0 Å². The van der Waals surface area contributed by atoms with Gasteiger partial charge in [0.2, 0.25) is 0 Å². The second kappa shape index (κ2) is 14.9. The van der Waals surface area contributed by atoms with Gasteiger partial charge in [-0.25, -0.2) is 4.99 Å². The van der Waals surface area contributed by atoms with Crippen molar-refractivity contribution in [2.75, 3.05) is 53.6 Å². The molecule has 158 valence electrons. The van der Waals surface area contributed by atoms with Gasteiger partial charge in [0.15, 0.2) is 5.96 Å². The van der Waals surface area contributed by atoms with Crippen LogP contribution in [-0.2, 0) is 16.0 Å². The number of hydrogen-bond donors (Lipinski definition) is 2. The summed E-state index contributed by atoms with van der Waals surface area (Å²) in [6.45, 7) is 8.84. The van der Waals surface area contributed by atoms with Gasteiger partial charge in [-0.2, -0.15) is 0 Å². The first-order valence-corrected chi connectivity index (χ1v) is 10.1. The minimum absolute atomic E-state index is 0.000759. The average Bonchev–Trinajstić information content (AvgIpc) is 2.70. The van der Waals surface area contributed by atoms with E-state index in [-0.39, 0.29) is 5.91 Å². The van der Waals surface area contributed by atoms with Crippen LogP contribution in [0, 0.1) is 0 Å². The molecule has 0 heterocycles. The lowest BCUT2D eigenvalue weighted by Crippen LogP contribution is -2.39. The highest BCUT2D eigenvalue weighted by Gasteiger charge is 2.07. The number of unbranched alkanes of at least 4 members (excludes halogenated alkanes) is 1. The Kier molecular flexibility index (Phi) is 12.7. The second-order valence-corrected chi connectivity index (χ2v) is 6.60. The zero-order valence-electron chi connectivity index (χ0n) is 17.8. The van der Waals surface area contributed by atoms with E-state index in [0.717, 1.165) is 37.5 Å². The lowest BCUT2D eigenvalue weighted by atomic mass is 10.1. The van der Waals surface area contributed by atoms with Crippen LogP contribution in [0.4, 0.5) is 0 Å². The molecule has 0 radical (unpaired) electrons. The third-order valence-corrected chi connectivity index (χ3v) is 3.92. The molecule has 0 spiro atoms. The summed E-state index contributed by atoms with van der Waals surface area (Å²) in [6.07, 6.45) is 2.24. The summed E-state index contributed by atoms with van der Waals surface area (Å²) in [5.41, 5.74) is 1.73. The highest BCUT2D eigenvalue weighted by Crippen LogP contribution is 2.07. The Labute approximate surface area is 169 Å². The lowest BCUT2D eigenvalue weighted by molar-refractivity contribution is 0.0487. The average molecular weight is 393 g/mol. The molecule has 7 nitrogen and oxygen atoms in total. The zero-order valence-corrected chi connectivity index (χ0v) is 17.8. The second-order valence-electron chi connectivity index (χ2n) is 6.60. The number of carbonyl (C=O) groups is 1. The van der Waals surface area contributed by atoms with Crippen molar-refractivity contribution in [3.63, 3.8) is 0 Å². The summed E-state index contributed by atoms with van der Waals surface area (Å²) >= 11 is 0. The monoisotopic (exact) mass is 392 g/mol. The Morgan fingerprint density at radius 3 is 2.29 bits per heavy atom. The first kappa shape index (κ1) is 23.9. The van der Waals surface area contributed by atoms with E-state index in [4.69, 9.17) is 9.47 Å². The van der Waals surface area contributed by atoms with Crippen molar-refractivity contribution >= 4 is 11.9 Å². The zero-order chi connectivity index (χ0) is 20.6. The fourth-order valence-electron chi connectivity index (χ4n) is 2.33. The third-order valence-electron chi connectivity index (χ3n) is 3.92. The van der Waals surface area contributed by atoms with Gasteiger partial charge in [0.05, 0.1) is 26.4 Å². The van der Waals surface area contributed by atoms with Crippen LogP contribution in [0.25, 0.3) is 0 Å². The fourth-order valence-corrected chi connectivity index (χ4v) is 2.33. The van der Waals surface area contributed by atoms with E-state index in [1.54, 1.807) is 19.0 Å². The van der Waals surface area contributed by atoms with Crippen molar-refractivity contribution in [2.24, 2.45) is 4.99 Å². The summed E-state index contributed by atoms with van der Waals surface area (Å²) in [7, 11) is 3.50. The molecule has 0 atom stereocenters. The molecule has 0 bridgehead atoms. The molecule has 1 rings (SSSR count). The molecule has 0 saturated heterocycles. The number of aliphatic imine (C=N–C) groups is 1. The number of carbonyl (C=O) groups excluding carboxylic acids is 1. The van der Waals surface area contributed by atoms with Crippen molar-refractivity contribution in [1.29, 1.82) is 0 Å². The molecule has 0 aliphatic heterocycles. The molecule has 1 aromatic carbocycles. The van der Waals surface area contributed by atoms with Gasteiger partial charge in [-0.3, -0.25) is 4.79 Å². The van der Waals surface area contributed by atoms with Crippen LogP contribution in [0.2, 0.25) is 0 Å². The van der Waals surface area contributed by atoms with Crippen molar-refractivity contribution < 1.29 is 14.3 Å². The van der Waals surface area contributed by atoms with Crippen LogP contribution in [0.3, 0.4) is 0 Å². The van der Waals surface area contributed by atoms with E-state index in [9.17, 15) is 4.79 Å². The van der Waals surface area contributed by atoms with E-state index in [1.807, 2.05) is 31.2 Å². The number of nitrogens with zero attached hydrogens (tertiary/aromatic N) is 2. The summed E-state index contributed by atoms with van der Waals surface area (Å²) in [6, 6.07) is 7.55. The molecule has 7 heteroatoms. The van der Waals surface area contributed by atoms with E-state index in [1.165, 1.54) is 0 Å². The molecule has 0 aliphatic rings. The molecule has 0 saturated carbocycles. The highest BCUT2D eigenvalue weighted by atomic mass is 16.5. The van der Waals surface area contributed by atoms with Crippen LogP contribution in [-0.4, -0.2) is 70.4 Å². The number of hydrogen-bond acceptors (Lipinski definition) is 4. The number of guanidine groups is 1. The largest absolute Gasteiger partial charge is 0.379 e. The Morgan fingerprint density at radius 1 is 1.00 bits per heavy atom. The maximum Gasteiger partial charge on any atom is 0.253 e. The quantitative estimate of drug-likeness (QED) is 0.306. The van der Waals surface area contributed by atoms with Gasteiger partial charge in [0.25, 0.3) is 5.91 Å². The first-order valence-electron chi connectivity index (χ1n) is 10.1. The van der Waals surface area contributed by atoms with Gasteiger partial charge in [0, 0.05) is 39.4 Å². The van der Waals surface area contributed by atoms with E-state index >= 15 is 0 Å². The summed E-state index contributed by atoms with van der Waals surface area (Å²) < 4.78 is 11.0. The van der Waals surface area contributed by atoms with Gasteiger partial charge in [-0.05, 0) is 31.0 Å². The Morgan fingerprint density at radius 2 is 1.68 bits per heavy atom. The molecule has 1 amide bonds. The molecule has 2 N–H and O–H groups in total. The Bertz CT molecular complexity index is 574. The number of benzene rings is 1. The predicted octanol–water partition coefficient (Wildman–Crippen LogP) is 2.28. The number of ether oxygens (including phenoxy) is 2. The Balaban J connectivity index is 2.34. The fraction of sp³-hybridized carbons (Fsp3) is 0.619. The molecular formula is C21H36N4O3. The number of nitrogens with one attached hydrogen (secondary N) is 2. The SMILES string of the molecule is CCCCOCCOCCNC(=NCc1ccc(C(=O)N(C)C)cc1)NCC. The molecule has 0 aliphatic carbocycles.